The van der Waals surface area contributed by atoms with E-state index in [2.05, 4.69) is 20.2 Å². The topological polar surface area (TPSA) is 61.0 Å². The minimum Gasteiger partial charge on any atom is -0.351 e. The van der Waals surface area contributed by atoms with Gasteiger partial charge in [0.05, 0.1) is 10.6 Å². The molecule has 0 unspecified atom stereocenters. The van der Waals surface area contributed by atoms with E-state index in [0.29, 0.717) is 5.92 Å². The molecule has 4 rings (SSSR count). The van der Waals surface area contributed by atoms with E-state index in [0.717, 1.165) is 40.5 Å². The van der Waals surface area contributed by atoms with Crippen LogP contribution in [0.1, 0.15) is 19.3 Å². The minimum atomic E-state index is 0.0611. The number of fused-ring (bicyclic) bond motifs is 1. The van der Waals surface area contributed by atoms with Crippen molar-refractivity contribution in [2.24, 2.45) is 5.92 Å². The number of aromatic nitrogens is 2. The van der Waals surface area contributed by atoms with Gasteiger partial charge in [-0.1, -0.05) is 6.42 Å². The van der Waals surface area contributed by atoms with E-state index in [9.17, 15) is 4.79 Å². The summed E-state index contributed by atoms with van der Waals surface area (Å²) in [6.07, 6.45) is 9.49. The lowest BCUT2D eigenvalue weighted by atomic mass is 9.85. The zero-order valence-corrected chi connectivity index (χ0v) is 13.7. The van der Waals surface area contributed by atoms with Crippen molar-refractivity contribution < 1.29 is 4.79 Å². The molecule has 2 N–H and O–H groups in total. The molecule has 0 bridgehead atoms. The van der Waals surface area contributed by atoms with Crippen molar-refractivity contribution in [3.05, 3.63) is 35.6 Å². The zero-order chi connectivity index (χ0) is 15.6. The number of H-pyrrole nitrogens is 1. The molecule has 0 aromatic carbocycles. The first kappa shape index (κ1) is 14.6. The lowest BCUT2D eigenvalue weighted by molar-refractivity contribution is -0.117. The van der Waals surface area contributed by atoms with Gasteiger partial charge in [0.25, 0.3) is 5.91 Å². The molecule has 1 saturated carbocycles. The molecule has 2 aromatic heterocycles. The van der Waals surface area contributed by atoms with Crippen molar-refractivity contribution in [1.29, 1.82) is 0 Å². The molecular weight excluding hydrogens is 308 g/mol. The van der Waals surface area contributed by atoms with Gasteiger partial charge in [-0.05, 0) is 30.9 Å². The van der Waals surface area contributed by atoms with Crippen LogP contribution in [-0.4, -0.2) is 34.7 Å². The molecule has 2 aliphatic rings. The summed E-state index contributed by atoms with van der Waals surface area (Å²) in [4.78, 5) is 22.8. The number of nitrogens with one attached hydrogen (secondary N) is 2. The van der Waals surface area contributed by atoms with Crippen molar-refractivity contribution in [3.63, 3.8) is 0 Å². The third kappa shape index (κ3) is 2.95. The standard InChI is InChI=1S/C17H20N4OS/c22-17(20-10-12-2-1-3-12)15-11-21(8-9-23-15)14-5-7-19-16-13(14)4-6-18-16/h4-7,11-12H,1-3,8-10H2,(H,18,19)(H,20,22). The number of pyridine rings is 1. The number of rotatable bonds is 4. The Labute approximate surface area is 139 Å². The first-order valence-corrected chi connectivity index (χ1v) is 9.11. The van der Waals surface area contributed by atoms with Gasteiger partial charge < -0.3 is 15.2 Å². The maximum Gasteiger partial charge on any atom is 0.259 e. The average Bonchev–Trinajstić information content (AvgIpc) is 3.02. The molecule has 23 heavy (non-hydrogen) atoms. The van der Waals surface area contributed by atoms with Crippen LogP contribution < -0.4 is 10.2 Å². The highest BCUT2D eigenvalue weighted by Gasteiger charge is 2.22. The smallest absolute Gasteiger partial charge is 0.259 e. The first-order valence-electron chi connectivity index (χ1n) is 8.13. The van der Waals surface area contributed by atoms with Crippen LogP contribution in [0.2, 0.25) is 0 Å². The molecule has 5 nitrogen and oxygen atoms in total. The fourth-order valence-electron chi connectivity index (χ4n) is 3.03. The molecule has 1 amide bonds. The average molecular weight is 328 g/mol. The first-order chi connectivity index (χ1) is 11.3. The van der Waals surface area contributed by atoms with Gasteiger partial charge in [0, 0.05) is 42.8 Å². The van der Waals surface area contributed by atoms with E-state index < -0.39 is 0 Å². The predicted molar refractivity (Wildman–Crippen MR) is 94.3 cm³/mol. The van der Waals surface area contributed by atoms with Crippen LogP contribution >= 0.6 is 11.8 Å². The molecule has 0 spiro atoms. The molecule has 1 aliphatic carbocycles. The molecule has 6 heteroatoms. The quantitative estimate of drug-likeness (QED) is 0.906. The van der Waals surface area contributed by atoms with Crippen molar-refractivity contribution >= 4 is 34.4 Å². The SMILES string of the molecule is O=C(NCC1CCC1)C1=CN(c2ccnc3[nH]ccc23)CCS1. The summed E-state index contributed by atoms with van der Waals surface area (Å²) < 4.78 is 0. The number of thioether (sulfide) groups is 1. The Morgan fingerprint density at radius 1 is 1.43 bits per heavy atom. The number of aromatic amines is 1. The van der Waals surface area contributed by atoms with Gasteiger partial charge in [0.2, 0.25) is 0 Å². The fraction of sp³-hybridized carbons (Fsp3) is 0.412. The highest BCUT2D eigenvalue weighted by atomic mass is 32.2. The van der Waals surface area contributed by atoms with Gasteiger partial charge in [-0.25, -0.2) is 4.98 Å². The maximum atomic E-state index is 12.4. The minimum absolute atomic E-state index is 0.0611. The fourth-order valence-corrected chi connectivity index (χ4v) is 3.94. The van der Waals surface area contributed by atoms with Crippen LogP contribution in [0, 0.1) is 5.92 Å². The third-order valence-electron chi connectivity index (χ3n) is 4.61. The summed E-state index contributed by atoms with van der Waals surface area (Å²) in [7, 11) is 0. The van der Waals surface area contributed by atoms with E-state index in [1.807, 2.05) is 24.5 Å². The Balaban J connectivity index is 1.52. The third-order valence-corrected chi connectivity index (χ3v) is 5.60. The second-order valence-electron chi connectivity index (χ2n) is 6.11. The van der Waals surface area contributed by atoms with Crippen LogP contribution in [0.25, 0.3) is 11.0 Å². The van der Waals surface area contributed by atoms with E-state index in [4.69, 9.17) is 0 Å². The van der Waals surface area contributed by atoms with E-state index in [-0.39, 0.29) is 5.91 Å². The Bertz CT molecular complexity index is 750. The molecular formula is C17H20N4OS. The molecule has 3 heterocycles. The highest BCUT2D eigenvalue weighted by Crippen LogP contribution is 2.31. The number of carbonyl (C=O) groups is 1. The molecule has 2 aromatic rings. The lowest BCUT2D eigenvalue weighted by Gasteiger charge is -2.28. The number of amides is 1. The van der Waals surface area contributed by atoms with Gasteiger partial charge >= 0.3 is 0 Å². The number of anilines is 1. The number of hydrogen-bond acceptors (Lipinski definition) is 4. The van der Waals surface area contributed by atoms with Gasteiger partial charge in [0.1, 0.15) is 5.65 Å². The lowest BCUT2D eigenvalue weighted by Crippen LogP contribution is -2.34. The monoisotopic (exact) mass is 328 g/mol. The van der Waals surface area contributed by atoms with Crippen molar-refractivity contribution in [1.82, 2.24) is 15.3 Å². The number of hydrogen-bond donors (Lipinski definition) is 2. The van der Waals surface area contributed by atoms with E-state index in [1.54, 1.807) is 18.0 Å². The summed E-state index contributed by atoms with van der Waals surface area (Å²) in [5.41, 5.74) is 1.98. The van der Waals surface area contributed by atoms with Crippen LogP contribution in [-0.2, 0) is 4.79 Å². The van der Waals surface area contributed by atoms with Gasteiger partial charge in [-0.15, -0.1) is 11.8 Å². The summed E-state index contributed by atoms with van der Waals surface area (Å²) in [5, 5.41) is 4.17. The van der Waals surface area contributed by atoms with Crippen LogP contribution in [0.3, 0.4) is 0 Å². The maximum absolute atomic E-state index is 12.4. The van der Waals surface area contributed by atoms with Crippen molar-refractivity contribution in [2.75, 3.05) is 23.7 Å². The van der Waals surface area contributed by atoms with Gasteiger partial charge in [-0.2, -0.15) is 0 Å². The number of carbonyl (C=O) groups excluding carboxylic acids is 1. The van der Waals surface area contributed by atoms with Gasteiger partial charge in [-0.3, -0.25) is 4.79 Å². The van der Waals surface area contributed by atoms with Crippen LogP contribution in [0.15, 0.2) is 35.6 Å². The zero-order valence-electron chi connectivity index (χ0n) is 12.9. The molecule has 0 saturated heterocycles. The second-order valence-corrected chi connectivity index (χ2v) is 7.25. The molecule has 120 valence electrons. The summed E-state index contributed by atoms with van der Waals surface area (Å²) >= 11 is 1.64. The molecule has 0 atom stereocenters. The highest BCUT2D eigenvalue weighted by molar-refractivity contribution is 8.04. The molecule has 1 fully saturated rings. The molecule has 1 aliphatic heterocycles. The Hall–Kier alpha value is -1.95. The van der Waals surface area contributed by atoms with Crippen LogP contribution in [0.5, 0.6) is 0 Å². The van der Waals surface area contributed by atoms with Crippen molar-refractivity contribution in [3.8, 4) is 0 Å². The summed E-state index contributed by atoms with van der Waals surface area (Å²) in [6, 6.07) is 4.04. The predicted octanol–water partition coefficient (Wildman–Crippen LogP) is 2.87. The summed E-state index contributed by atoms with van der Waals surface area (Å²) in [5.74, 6) is 1.66. The largest absolute Gasteiger partial charge is 0.351 e. The Morgan fingerprint density at radius 2 is 2.35 bits per heavy atom. The molecule has 0 radical (unpaired) electrons. The van der Waals surface area contributed by atoms with E-state index in [1.165, 1.54) is 19.3 Å². The van der Waals surface area contributed by atoms with E-state index >= 15 is 0 Å². The number of nitrogens with zero attached hydrogens (tertiary/aromatic N) is 2. The van der Waals surface area contributed by atoms with Crippen LogP contribution in [0.4, 0.5) is 5.69 Å². The van der Waals surface area contributed by atoms with Gasteiger partial charge in [0.15, 0.2) is 0 Å². The van der Waals surface area contributed by atoms with Crippen molar-refractivity contribution in [2.45, 2.75) is 19.3 Å². The second kappa shape index (κ2) is 6.28. The summed E-state index contributed by atoms with van der Waals surface area (Å²) in [6.45, 7) is 1.71. The Morgan fingerprint density at radius 3 is 3.17 bits per heavy atom. The normalized spacial score (nSPS) is 18.6. The Kier molecular flexibility index (Phi) is 3.99.